The first-order valence-electron chi connectivity index (χ1n) is 7.91. The molecule has 6 nitrogen and oxygen atoms in total. The van der Waals surface area contributed by atoms with Gasteiger partial charge >= 0.3 is 5.97 Å². The van der Waals surface area contributed by atoms with Gasteiger partial charge in [0.1, 0.15) is 11.5 Å². The lowest BCUT2D eigenvalue weighted by atomic mass is 10.1. The van der Waals surface area contributed by atoms with Crippen molar-refractivity contribution in [3.05, 3.63) is 71.4 Å². The highest BCUT2D eigenvalue weighted by molar-refractivity contribution is 6.38. The van der Waals surface area contributed by atoms with Crippen LogP contribution in [0.2, 0.25) is 0 Å². The molecule has 3 N–H and O–H groups in total. The number of phenolic OH excluding ortho intramolecular Hbond substituents is 1. The van der Waals surface area contributed by atoms with Gasteiger partial charge in [-0.1, -0.05) is 35.9 Å². The molecular weight excluding hydrogens is 334 g/mol. The summed E-state index contributed by atoms with van der Waals surface area (Å²) in [5.41, 5.74) is 2.99. The summed E-state index contributed by atoms with van der Waals surface area (Å²) in [5, 5.41) is 29.5. The molecule has 0 amide bonds. The van der Waals surface area contributed by atoms with E-state index >= 15 is 0 Å². The molecule has 0 saturated carbocycles. The van der Waals surface area contributed by atoms with Crippen LogP contribution in [0.1, 0.15) is 16.7 Å². The number of aryl methyl sites for hydroxylation is 1. The van der Waals surface area contributed by atoms with E-state index in [1.54, 1.807) is 18.3 Å². The van der Waals surface area contributed by atoms with Gasteiger partial charge in [0.15, 0.2) is 0 Å². The van der Waals surface area contributed by atoms with Gasteiger partial charge in [-0.05, 0) is 24.6 Å². The van der Waals surface area contributed by atoms with Gasteiger partial charge < -0.3 is 19.9 Å². The summed E-state index contributed by atoms with van der Waals surface area (Å²) in [6, 6.07) is 12.8. The SMILES string of the molecule is Cc1cccc(Cn2cc(C(O)=CC(=O)C(=O)O)c3c(O)cccc32)c1. The molecular formula is C20H17NO5. The number of aliphatic carboxylic acids is 1. The Morgan fingerprint density at radius 3 is 2.54 bits per heavy atom. The lowest BCUT2D eigenvalue weighted by Gasteiger charge is -2.06. The minimum atomic E-state index is -1.66. The lowest BCUT2D eigenvalue weighted by molar-refractivity contribution is -0.146. The maximum Gasteiger partial charge on any atom is 0.376 e. The molecule has 0 unspecified atom stereocenters. The molecule has 0 aliphatic carbocycles. The molecule has 1 heterocycles. The van der Waals surface area contributed by atoms with E-state index in [4.69, 9.17) is 5.11 Å². The number of carbonyl (C=O) groups excluding carboxylic acids is 1. The number of hydrogen-bond acceptors (Lipinski definition) is 4. The molecule has 0 fully saturated rings. The number of nitrogens with zero attached hydrogens (tertiary/aromatic N) is 1. The lowest BCUT2D eigenvalue weighted by Crippen LogP contribution is -2.09. The molecule has 0 bridgehead atoms. The fourth-order valence-electron chi connectivity index (χ4n) is 2.93. The van der Waals surface area contributed by atoms with Gasteiger partial charge in [-0.2, -0.15) is 0 Å². The second-order valence-electron chi connectivity index (χ2n) is 6.03. The standard InChI is InChI=1S/C20H17NO5/c1-12-4-2-5-13(8-12)10-21-11-14(17(23)9-18(24)20(25)26)19-15(21)6-3-7-16(19)22/h2-9,11,22-23H,10H2,1H3,(H,25,26). The van der Waals surface area contributed by atoms with Gasteiger partial charge in [-0.15, -0.1) is 0 Å². The number of benzene rings is 2. The highest BCUT2D eigenvalue weighted by Gasteiger charge is 2.18. The number of hydrogen-bond donors (Lipinski definition) is 3. The smallest absolute Gasteiger partial charge is 0.376 e. The van der Waals surface area contributed by atoms with Crippen LogP contribution in [0.3, 0.4) is 0 Å². The molecule has 2 aromatic carbocycles. The number of aromatic nitrogens is 1. The zero-order valence-electron chi connectivity index (χ0n) is 14.0. The average molecular weight is 351 g/mol. The first kappa shape index (κ1) is 17.3. The van der Waals surface area contributed by atoms with Crippen LogP contribution in [0, 0.1) is 6.92 Å². The van der Waals surface area contributed by atoms with Crippen molar-refractivity contribution in [2.24, 2.45) is 0 Å². The molecule has 6 heteroatoms. The van der Waals surface area contributed by atoms with Crippen molar-refractivity contribution < 1.29 is 24.9 Å². The van der Waals surface area contributed by atoms with Gasteiger partial charge in [0.25, 0.3) is 5.78 Å². The van der Waals surface area contributed by atoms with Gasteiger partial charge in [0.05, 0.1) is 10.9 Å². The van der Waals surface area contributed by atoms with Crippen molar-refractivity contribution in [2.75, 3.05) is 0 Å². The van der Waals surface area contributed by atoms with Crippen molar-refractivity contribution in [3.63, 3.8) is 0 Å². The Balaban J connectivity index is 2.13. The molecule has 132 valence electrons. The first-order valence-corrected chi connectivity index (χ1v) is 7.91. The Hall–Kier alpha value is -3.54. The Labute approximate surface area is 149 Å². The van der Waals surface area contributed by atoms with E-state index in [9.17, 15) is 19.8 Å². The number of aliphatic hydroxyl groups excluding tert-OH is 1. The summed E-state index contributed by atoms with van der Waals surface area (Å²) in [5.74, 6) is -3.48. The number of aromatic hydroxyl groups is 1. The van der Waals surface area contributed by atoms with Crippen LogP contribution in [-0.4, -0.2) is 31.6 Å². The summed E-state index contributed by atoms with van der Waals surface area (Å²) < 4.78 is 1.83. The topological polar surface area (TPSA) is 99.8 Å². The second kappa shape index (κ2) is 6.76. The average Bonchev–Trinajstić information content (AvgIpc) is 2.95. The number of carboxylic acid groups (broad SMARTS) is 1. The molecule has 0 radical (unpaired) electrons. The Kier molecular flexibility index (Phi) is 4.49. The monoisotopic (exact) mass is 351 g/mol. The van der Waals surface area contributed by atoms with E-state index in [-0.39, 0.29) is 11.3 Å². The van der Waals surface area contributed by atoms with Crippen molar-refractivity contribution in [2.45, 2.75) is 13.5 Å². The maximum atomic E-state index is 11.4. The Bertz CT molecular complexity index is 1050. The van der Waals surface area contributed by atoms with Crippen molar-refractivity contribution in [1.82, 2.24) is 4.57 Å². The molecule has 0 spiro atoms. The predicted octanol–water partition coefficient (Wildman–Crippen LogP) is 3.26. The van der Waals surface area contributed by atoms with Crippen molar-refractivity contribution >= 4 is 28.4 Å². The van der Waals surface area contributed by atoms with Crippen LogP contribution in [-0.2, 0) is 16.1 Å². The molecule has 3 aromatic rings. The largest absolute Gasteiger partial charge is 0.507 e. The molecule has 0 atom stereocenters. The number of fused-ring (bicyclic) bond motifs is 1. The van der Waals surface area contributed by atoms with E-state index in [1.165, 1.54) is 6.07 Å². The summed E-state index contributed by atoms with van der Waals surface area (Å²) in [6.45, 7) is 2.47. The van der Waals surface area contributed by atoms with Crippen LogP contribution in [0.25, 0.3) is 16.7 Å². The number of ketones is 1. The minimum absolute atomic E-state index is 0.0665. The quantitative estimate of drug-likeness (QED) is 0.372. The zero-order valence-corrected chi connectivity index (χ0v) is 14.0. The molecule has 0 aliphatic heterocycles. The van der Waals surface area contributed by atoms with Crippen LogP contribution >= 0.6 is 0 Å². The van der Waals surface area contributed by atoms with Crippen LogP contribution < -0.4 is 0 Å². The number of carbonyl (C=O) groups is 2. The fourth-order valence-corrected chi connectivity index (χ4v) is 2.93. The summed E-state index contributed by atoms with van der Waals surface area (Å²) >= 11 is 0. The Morgan fingerprint density at radius 2 is 1.85 bits per heavy atom. The maximum absolute atomic E-state index is 11.4. The number of aliphatic hydroxyl groups is 1. The van der Waals surface area contributed by atoms with Gasteiger partial charge in [0.2, 0.25) is 0 Å². The second-order valence-corrected chi connectivity index (χ2v) is 6.03. The van der Waals surface area contributed by atoms with E-state index in [0.29, 0.717) is 23.5 Å². The third-order valence-corrected chi connectivity index (χ3v) is 4.07. The minimum Gasteiger partial charge on any atom is -0.507 e. The van der Waals surface area contributed by atoms with Gasteiger partial charge in [0, 0.05) is 24.4 Å². The third-order valence-electron chi connectivity index (χ3n) is 4.07. The normalized spacial score (nSPS) is 11.7. The van der Waals surface area contributed by atoms with E-state index < -0.39 is 17.5 Å². The zero-order chi connectivity index (χ0) is 18.8. The summed E-state index contributed by atoms with van der Waals surface area (Å²) in [7, 11) is 0. The van der Waals surface area contributed by atoms with Crippen molar-refractivity contribution in [3.8, 4) is 5.75 Å². The molecule has 1 aromatic heterocycles. The molecule has 0 saturated heterocycles. The fraction of sp³-hybridized carbons (Fsp3) is 0.100. The van der Waals surface area contributed by atoms with Crippen molar-refractivity contribution in [1.29, 1.82) is 0 Å². The molecule has 3 rings (SSSR count). The summed E-state index contributed by atoms with van der Waals surface area (Å²) in [4.78, 5) is 22.1. The van der Waals surface area contributed by atoms with Crippen LogP contribution in [0.4, 0.5) is 0 Å². The number of phenols is 1. The predicted molar refractivity (Wildman–Crippen MR) is 97.1 cm³/mol. The number of rotatable bonds is 5. The molecule has 26 heavy (non-hydrogen) atoms. The van der Waals surface area contributed by atoms with Gasteiger partial charge in [-0.3, -0.25) is 4.79 Å². The van der Waals surface area contributed by atoms with E-state index in [0.717, 1.165) is 11.1 Å². The molecule has 0 aliphatic rings. The summed E-state index contributed by atoms with van der Waals surface area (Å²) in [6.07, 6.45) is 2.23. The van der Waals surface area contributed by atoms with E-state index in [1.807, 2.05) is 35.8 Å². The van der Waals surface area contributed by atoms with Gasteiger partial charge in [-0.25, -0.2) is 4.79 Å². The van der Waals surface area contributed by atoms with Crippen LogP contribution in [0.15, 0.2) is 54.7 Å². The first-order chi connectivity index (χ1) is 12.4. The number of carboxylic acids is 1. The third kappa shape index (κ3) is 3.30. The van der Waals surface area contributed by atoms with E-state index in [2.05, 4.69) is 0 Å². The Morgan fingerprint density at radius 1 is 1.12 bits per heavy atom. The highest BCUT2D eigenvalue weighted by atomic mass is 16.4. The van der Waals surface area contributed by atoms with Crippen LogP contribution in [0.5, 0.6) is 5.75 Å². The highest BCUT2D eigenvalue weighted by Crippen LogP contribution is 2.33.